The second kappa shape index (κ2) is 18.3. The Morgan fingerprint density at radius 3 is 1.75 bits per heavy atom. The molecule has 0 unspecified atom stereocenters. The van der Waals surface area contributed by atoms with Gasteiger partial charge in [0.2, 0.25) is 0 Å². The van der Waals surface area contributed by atoms with Crippen molar-refractivity contribution in [2.45, 2.75) is 117 Å². The fraction of sp³-hybridized carbons (Fsp3) is 0.514. The minimum absolute atomic E-state index is 0.0435. The van der Waals surface area contributed by atoms with Gasteiger partial charge in [-0.15, -0.1) is 0 Å². The zero-order chi connectivity index (χ0) is 28.4. The number of carbonyl (C=O) groups excluding carboxylic acids is 1. The Bertz CT molecular complexity index is 1130. The Morgan fingerprint density at radius 2 is 1.20 bits per heavy atom. The molecule has 216 valence electrons. The van der Waals surface area contributed by atoms with Crippen molar-refractivity contribution in [1.29, 1.82) is 0 Å². The topological polar surface area (TPSA) is 52.1 Å². The summed E-state index contributed by atoms with van der Waals surface area (Å²) in [5, 5.41) is 0. The summed E-state index contributed by atoms with van der Waals surface area (Å²) in [6, 6.07) is 11.8. The Kier molecular flexibility index (Phi) is 14.4. The van der Waals surface area contributed by atoms with Crippen LogP contribution in [0.1, 0.15) is 125 Å². The number of halogens is 1. The van der Waals surface area contributed by atoms with Gasteiger partial charge < -0.3 is 4.74 Å². The van der Waals surface area contributed by atoms with Gasteiger partial charge in [-0.25, -0.2) is 19.2 Å². The number of unbranched alkanes of at least 4 members (excludes halogenated alkanes) is 12. The standard InChI is InChI=1S/C35H47FN2O2/c1-3-5-7-9-11-12-14-15-17-28-19-24-33(32(36)25-28)40-35(39)31-22-20-30(21-23-31)34-37-26-29(27-38-34)18-16-13-10-8-6-4-2/h19-27H,3-18H2,1-2H3. The highest BCUT2D eigenvalue weighted by Crippen LogP contribution is 2.22. The summed E-state index contributed by atoms with van der Waals surface area (Å²) in [6.45, 7) is 4.46. The molecule has 0 aliphatic rings. The highest BCUT2D eigenvalue weighted by Gasteiger charge is 2.13. The molecule has 0 spiro atoms. The van der Waals surface area contributed by atoms with Crippen LogP contribution in [0.15, 0.2) is 54.9 Å². The number of rotatable bonds is 19. The third-order valence-corrected chi connectivity index (χ3v) is 7.42. The first kappa shape index (κ1) is 31.4. The molecule has 4 nitrogen and oxygen atoms in total. The Labute approximate surface area is 240 Å². The summed E-state index contributed by atoms with van der Waals surface area (Å²) in [4.78, 5) is 21.7. The van der Waals surface area contributed by atoms with Crippen molar-refractivity contribution in [1.82, 2.24) is 9.97 Å². The molecule has 0 atom stereocenters. The second-order valence-corrected chi connectivity index (χ2v) is 10.9. The van der Waals surface area contributed by atoms with Crippen LogP contribution in [0.25, 0.3) is 11.4 Å². The molecule has 1 aromatic heterocycles. The molecule has 0 amide bonds. The molecular formula is C35H47FN2O2. The molecule has 0 aliphatic heterocycles. The number of nitrogens with zero attached hydrogens (tertiary/aromatic N) is 2. The fourth-order valence-corrected chi connectivity index (χ4v) is 4.90. The highest BCUT2D eigenvalue weighted by atomic mass is 19.1. The van der Waals surface area contributed by atoms with Gasteiger partial charge >= 0.3 is 5.97 Å². The molecule has 0 radical (unpaired) electrons. The molecule has 0 fully saturated rings. The first-order valence-corrected chi connectivity index (χ1v) is 15.5. The van der Waals surface area contributed by atoms with E-state index >= 15 is 0 Å². The van der Waals surface area contributed by atoms with Crippen molar-refractivity contribution in [3.05, 3.63) is 77.4 Å². The highest BCUT2D eigenvalue weighted by molar-refractivity contribution is 5.91. The summed E-state index contributed by atoms with van der Waals surface area (Å²) in [5.41, 5.74) is 3.25. The van der Waals surface area contributed by atoms with E-state index in [-0.39, 0.29) is 5.75 Å². The quantitative estimate of drug-likeness (QED) is 0.0852. The van der Waals surface area contributed by atoms with Gasteiger partial charge in [0.15, 0.2) is 17.4 Å². The largest absolute Gasteiger partial charge is 0.420 e. The van der Waals surface area contributed by atoms with E-state index in [1.165, 1.54) is 76.7 Å². The number of aryl methyl sites for hydroxylation is 2. The summed E-state index contributed by atoms with van der Waals surface area (Å²) in [5.74, 6) is -0.518. The van der Waals surface area contributed by atoms with E-state index in [1.807, 2.05) is 18.5 Å². The van der Waals surface area contributed by atoms with E-state index < -0.39 is 11.8 Å². The predicted octanol–water partition coefficient (Wildman–Crippen LogP) is 10.1. The van der Waals surface area contributed by atoms with Gasteiger partial charge in [-0.1, -0.05) is 109 Å². The van der Waals surface area contributed by atoms with E-state index in [9.17, 15) is 9.18 Å². The van der Waals surface area contributed by atoms with Gasteiger partial charge in [-0.3, -0.25) is 0 Å². The molecule has 3 aromatic rings. The summed E-state index contributed by atoms with van der Waals surface area (Å²) < 4.78 is 20.0. The lowest BCUT2D eigenvalue weighted by atomic mass is 10.0. The van der Waals surface area contributed by atoms with Crippen molar-refractivity contribution < 1.29 is 13.9 Å². The third kappa shape index (κ3) is 11.2. The maximum atomic E-state index is 14.6. The van der Waals surface area contributed by atoms with Crippen LogP contribution < -0.4 is 4.74 Å². The van der Waals surface area contributed by atoms with Crippen molar-refractivity contribution in [3.8, 4) is 17.1 Å². The zero-order valence-electron chi connectivity index (χ0n) is 24.6. The van der Waals surface area contributed by atoms with Crippen molar-refractivity contribution >= 4 is 5.97 Å². The van der Waals surface area contributed by atoms with Crippen molar-refractivity contribution in [3.63, 3.8) is 0 Å². The monoisotopic (exact) mass is 546 g/mol. The molecule has 3 rings (SSSR count). The first-order chi connectivity index (χ1) is 19.6. The molecule has 0 N–H and O–H groups in total. The molecular weight excluding hydrogens is 499 g/mol. The third-order valence-electron chi connectivity index (χ3n) is 7.42. The molecule has 0 bridgehead atoms. The minimum Gasteiger partial charge on any atom is -0.420 e. The van der Waals surface area contributed by atoms with E-state index in [2.05, 4.69) is 23.8 Å². The minimum atomic E-state index is -0.587. The Balaban J connectivity index is 1.43. The number of carbonyl (C=O) groups is 1. The zero-order valence-corrected chi connectivity index (χ0v) is 24.6. The first-order valence-electron chi connectivity index (χ1n) is 15.5. The molecule has 0 saturated carbocycles. The lowest BCUT2D eigenvalue weighted by Crippen LogP contribution is -2.09. The SMILES string of the molecule is CCCCCCCCCCc1ccc(OC(=O)c2ccc(-c3ncc(CCCCCCCC)cn3)cc2)c(F)c1. The molecule has 0 aliphatic carbocycles. The fourth-order valence-electron chi connectivity index (χ4n) is 4.90. The predicted molar refractivity (Wildman–Crippen MR) is 162 cm³/mol. The van der Waals surface area contributed by atoms with E-state index in [1.54, 1.807) is 30.3 Å². The van der Waals surface area contributed by atoms with Gasteiger partial charge in [-0.05, 0) is 61.1 Å². The van der Waals surface area contributed by atoms with Crippen LogP contribution in [0.2, 0.25) is 0 Å². The van der Waals surface area contributed by atoms with Crippen LogP contribution in [0.4, 0.5) is 4.39 Å². The average Bonchev–Trinajstić information content (AvgIpc) is 2.98. The summed E-state index contributed by atoms with van der Waals surface area (Å²) >= 11 is 0. The van der Waals surface area contributed by atoms with Crippen molar-refractivity contribution in [2.75, 3.05) is 0 Å². The second-order valence-electron chi connectivity index (χ2n) is 10.9. The normalized spacial score (nSPS) is 11.1. The molecule has 2 aromatic carbocycles. The number of ether oxygens (including phenoxy) is 1. The number of benzene rings is 2. The Hall–Kier alpha value is -3.08. The molecule has 0 saturated heterocycles. The smallest absolute Gasteiger partial charge is 0.343 e. The lowest BCUT2D eigenvalue weighted by molar-refractivity contribution is 0.0728. The van der Waals surface area contributed by atoms with E-state index in [4.69, 9.17) is 4.74 Å². The van der Waals surface area contributed by atoms with Gasteiger partial charge in [0.1, 0.15) is 0 Å². The average molecular weight is 547 g/mol. The van der Waals surface area contributed by atoms with Crippen LogP contribution in [-0.4, -0.2) is 15.9 Å². The number of aromatic nitrogens is 2. The van der Waals surface area contributed by atoms with Gasteiger partial charge in [0, 0.05) is 18.0 Å². The maximum Gasteiger partial charge on any atom is 0.343 e. The van der Waals surface area contributed by atoms with E-state index in [0.29, 0.717) is 11.4 Å². The van der Waals surface area contributed by atoms with Crippen LogP contribution in [-0.2, 0) is 12.8 Å². The molecule has 40 heavy (non-hydrogen) atoms. The summed E-state index contributed by atoms with van der Waals surface area (Å²) in [6.07, 6.45) is 23.1. The van der Waals surface area contributed by atoms with Gasteiger partial charge in [0.05, 0.1) is 5.56 Å². The molecule has 5 heteroatoms. The maximum absolute atomic E-state index is 14.6. The number of hydrogen-bond donors (Lipinski definition) is 0. The number of esters is 1. The van der Waals surface area contributed by atoms with Gasteiger partial charge in [-0.2, -0.15) is 0 Å². The van der Waals surface area contributed by atoms with Crippen molar-refractivity contribution in [2.24, 2.45) is 0 Å². The summed E-state index contributed by atoms with van der Waals surface area (Å²) in [7, 11) is 0. The lowest BCUT2D eigenvalue weighted by Gasteiger charge is -2.08. The molecule has 1 heterocycles. The van der Waals surface area contributed by atoms with Gasteiger partial charge in [0.25, 0.3) is 0 Å². The van der Waals surface area contributed by atoms with Crippen LogP contribution >= 0.6 is 0 Å². The van der Waals surface area contributed by atoms with E-state index in [0.717, 1.165) is 48.8 Å². The van der Waals surface area contributed by atoms with Crippen LogP contribution in [0.5, 0.6) is 5.75 Å². The number of hydrogen-bond acceptors (Lipinski definition) is 4. The van der Waals surface area contributed by atoms with Crippen LogP contribution in [0, 0.1) is 5.82 Å². The Morgan fingerprint density at radius 1 is 0.675 bits per heavy atom. The van der Waals surface area contributed by atoms with Crippen LogP contribution in [0.3, 0.4) is 0 Å².